The highest BCUT2D eigenvalue weighted by molar-refractivity contribution is 4.77. The monoisotopic (exact) mass is 215 g/mol. The molecule has 1 N–H and O–H groups in total. The second kappa shape index (κ2) is 9.17. The summed E-state index contributed by atoms with van der Waals surface area (Å²) in [5.41, 5.74) is 0. The molecule has 0 aliphatic heterocycles. The third-order valence-corrected chi connectivity index (χ3v) is 3.05. The lowest BCUT2D eigenvalue weighted by Gasteiger charge is -2.28. The predicted molar refractivity (Wildman–Crippen MR) is 67.2 cm³/mol. The fraction of sp³-hybridized carbons (Fsp3) is 1.00. The Labute approximate surface area is 95.8 Å². The largest absolute Gasteiger partial charge is 0.377 e. The van der Waals surface area contributed by atoms with Crippen LogP contribution in [0.2, 0.25) is 0 Å². The van der Waals surface area contributed by atoms with Gasteiger partial charge in [-0.3, -0.25) is 0 Å². The van der Waals surface area contributed by atoms with Crippen LogP contribution in [0.3, 0.4) is 0 Å². The van der Waals surface area contributed by atoms with E-state index in [2.05, 4.69) is 39.9 Å². The molecule has 0 rings (SSSR count). The van der Waals surface area contributed by atoms with Gasteiger partial charge in [-0.05, 0) is 32.2 Å². The van der Waals surface area contributed by atoms with Crippen LogP contribution in [0.5, 0.6) is 0 Å². The van der Waals surface area contributed by atoms with E-state index in [0.717, 1.165) is 25.5 Å². The maximum absolute atomic E-state index is 5.79. The predicted octanol–water partition coefficient (Wildman–Crippen LogP) is 3.22. The lowest BCUT2D eigenvalue weighted by Crippen LogP contribution is -2.42. The average molecular weight is 215 g/mol. The van der Waals surface area contributed by atoms with Crippen LogP contribution in [-0.4, -0.2) is 25.3 Å². The highest BCUT2D eigenvalue weighted by Gasteiger charge is 2.20. The van der Waals surface area contributed by atoms with Gasteiger partial charge >= 0.3 is 0 Å². The molecule has 0 aromatic heterocycles. The number of hydrogen-bond donors (Lipinski definition) is 1. The topological polar surface area (TPSA) is 21.3 Å². The minimum absolute atomic E-state index is 0.379. The third kappa shape index (κ3) is 6.16. The van der Waals surface area contributed by atoms with Crippen molar-refractivity contribution in [3.05, 3.63) is 0 Å². The number of ether oxygens (including phenoxy) is 1. The summed E-state index contributed by atoms with van der Waals surface area (Å²) >= 11 is 0. The zero-order valence-corrected chi connectivity index (χ0v) is 11.2. The summed E-state index contributed by atoms with van der Waals surface area (Å²) in [5, 5.41) is 3.56. The number of nitrogens with one attached hydrogen (secondary N) is 1. The fourth-order valence-corrected chi connectivity index (χ4v) is 1.96. The van der Waals surface area contributed by atoms with Gasteiger partial charge < -0.3 is 10.1 Å². The van der Waals surface area contributed by atoms with Gasteiger partial charge in [0.05, 0.1) is 6.10 Å². The fourth-order valence-electron chi connectivity index (χ4n) is 1.96. The number of rotatable bonds is 9. The van der Waals surface area contributed by atoms with Crippen LogP contribution in [0.25, 0.3) is 0 Å². The molecular formula is C13H29NO. The molecule has 0 aliphatic carbocycles. The van der Waals surface area contributed by atoms with Crippen LogP contribution < -0.4 is 5.32 Å². The van der Waals surface area contributed by atoms with E-state index >= 15 is 0 Å². The summed E-state index contributed by atoms with van der Waals surface area (Å²) in [6.07, 6.45) is 3.96. The maximum atomic E-state index is 5.79. The summed E-state index contributed by atoms with van der Waals surface area (Å²) in [7, 11) is 0. The first kappa shape index (κ1) is 14.9. The molecule has 0 saturated heterocycles. The van der Waals surface area contributed by atoms with E-state index in [-0.39, 0.29) is 0 Å². The molecule has 0 amide bonds. The zero-order valence-electron chi connectivity index (χ0n) is 11.2. The molecule has 2 nitrogen and oxygen atoms in total. The van der Waals surface area contributed by atoms with E-state index in [4.69, 9.17) is 4.74 Å². The summed E-state index contributed by atoms with van der Waals surface area (Å²) in [4.78, 5) is 0. The number of likely N-dealkylation sites (N-methyl/N-ethyl adjacent to an activating group) is 1. The van der Waals surface area contributed by atoms with Gasteiger partial charge in [0.2, 0.25) is 0 Å². The standard InChI is InChI=1S/C13H29NO/c1-6-11(5)10-12(14-8-3)13(7-2)15-9-4/h11-14H,6-10H2,1-5H3. The Morgan fingerprint density at radius 1 is 1.07 bits per heavy atom. The Kier molecular flexibility index (Phi) is 9.12. The normalized spacial score (nSPS) is 17.4. The Balaban J connectivity index is 4.19. The molecule has 0 aromatic rings. The molecule has 2 heteroatoms. The molecule has 0 aromatic carbocycles. The van der Waals surface area contributed by atoms with Crippen molar-refractivity contribution in [3.8, 4) is 0 Å². The molecule has 92 valence electrons. The van der Waals surface area contributed by atoms with Gasteiger partial charge in [0.25, 0.3) is 0 Å². The summed E-state index contributed by atoms with van der Waals surface area (Å²) in [6, 6.07) is 0.523. The average Bonchev–Trinajstić information content (AvgIpc) is 2.25. The smallest absolute Gasteiger partial charge is 0.0725 e. The van der Waals surface area contributed by atoms with Gasteiger partial charge in [0.15, 0.2) is 0 Å². The minimum Gasteiger partial charge on any atom is -0.377 e. The molecule has 0 saturated carbocycles. The molecule has 15 heavy (non-hydrogen) atoms. The molecular weight excluding hydrogens is 186 g/mol. The van der Waals surface area contributed by atoms with Crippen LogP contribution in [0.1, 0.15) is 53.9 Å². The van der Waals surface area contributed by atoms with Crippen LogP contribution in [0.15, 0.2) is 0 Å². The van der Waals surface area contributed by atoms with E-state index in [0.29, 0.717) is 12.1 Å². The van der Waals surface area contributed by atoms with Crippen molar-refractivity contribution >= 4 is 0 Å². The Morgan fingerprint density at radius 2 is 1.73 bits per heavy atom. The first-order valence-electron chi connectivity index (χ1n) is 6.54. The van der Waals surface area contributed by atoms with Gasteiger partial charge in [-0.25, -0.2) is 0 Å². The minimum atomic E-state index is 0.379. The van der Waals surface area contributed by atoms with Crippen molar-refractivity contribution < 1.29 is 4.74 Å². The lowest BCUT2D eigenvalue weighted by atomic mass is 9.94. The second-order valence-electron chi connectivity index (χ2n) is 4.32. The quantitative estimate of drug-likeness (QED) is 0.637. The first-order valence-corrected chi connectivity index (χ1v) is 6.54. The first-order chi connectivity index (χ1) is 7.19. The maximum Gasteiger partial charge on any atom is 0.0725 e. The Bertz CT molecular complexity index is 138. The van der Waals surface area contributed by atoms with E-state index in [1.807, 2.05) is 0 Å². The van der Waals surface area contributed by atoms with Gasteiger partial charge in [-0.1, -0.05) is 34.1 Å². The van der Waals surface area contributed by atoms with Crippen LogP contribution in [0.4, 0.5) is 0 Å². The van der Waals surface area contributed by atoms with Crippen molar-refractivity contribution in [2.45, 2.75) is 66.0 Å². The Morgan fingerprint density at radius 3 is 2.13 bits per heavy atom. The van der Waals surface area contributed by atoms with E-state index in [1.165, 1.54) is 12.8 Å². The summed E-state index contributed by atoms with van der Waals surface area (Å²) in [6.45, 7) is 12.9. The molecule has 3 atom stereocenters. The third-order valence-electron chi connectivity index (χ3n) is 3.05. The van der Waals surface area contributed by atoms with Crippen LogP contribution in [-0.2, 0) is 4.74 Å². The molecule has 0 radical (unpaired) electrons. The highest BCUT2D eigenvalue weighted by Crippen LogP contribution is 2.16. The molecule has 0 spiro atoms. The van der Waals surface area contributed by atoms with Crippen molar-refractivity contribution in [1.29, 1.82) is 0 Å². The lowest BCUT2D eigenvalue weighted by molar-refractivity contribution is 0.0261. The van der Waals surface area contributed by atoms with Crippen molar-refractivity contribution in [2.75, 3.05) is 13.2 Å². The van der Waals surface area contributed by atoms with Gasteiger partial charge in [-0.15, -0.1) is 0 Å². The second-order valence-corrected chi connectivity index (χ2v) is 4.32. The van der Waals surface area contributed by atoms with Crippen LogP contribution >= 0.6 is 0 Å². The van der Waals surface area contributed by atoms with Gasteiger partial charge in [0, 0.05) is 12.6 Å². The SMILES string of the molecule is CCNC(CC(C)CC)C(CC)OCC. The van der Waals surface area contributed by atoms with E-state index in [1.54, 1.807) is 0 Å². The van der Waals surface area contributed by atoms with Crippen LogP contribution in [0, 0.1) is 5.92 Å². The van der Waals surface area contributed by atoms with Crippen molar-refractivity contribution in [3.63, 3.8) is 0 Å². The molecule has 0 fully saturated rings. The Hall–Kier alpha value is -0.0800. The van der Waals surface area contributed by atoms with E-state index < -0.39 is 0 Å². The van der Waals surface area contributed by atoms with E-state index in [9.17, 15) is 0 Å². The molecule has 0 aliphatic rings. The zero-order chi connectivity index (χ0) is 11.7. The number of hydrogen-bond acceptors (Lipinski definition) is 2. The summed E-state index contributed by atoms with van der Waals surface area (Å²) < 4.78 is 5.79. The van der Waals surface area contributed by atoms with Crippen molar-refractivity contribution in [1.82, 2.24) is 5.32 Å². The molecule has 0 bridgehead atoms. The summed E-state index contributed by atoms with van der Waals surface area (Å²) in [5.74, 6) is 0.781. The van der Waals surface area contributed by atoms with Crippen molar-refractivity contribution in [2.24, 2.45) is 5.92 Å². The molecule has 3 unspecified atom stereocenters. The molecule has 0 heterocycles. The highest BCUT2D eigenvalue weighted by atomic mass is 16.5. The van der Waals surface area contributed by atoms with Gasteiger partial charge in [0.1, 0.15) is 0 Å². The van der Waals surface area contributed by atoms with Gasteiger partial charge in [-0.2, -0.15) is 0 Å².